The number of urea groups is 1. The minimum Gasteiger partial charge on any atom is -0.480 e. The number of alkyl halides is 3. The normalized spacial score (nSPS) is 11.2. The van der Waals surface area contributed by atoms with Crippen molar-refractivity contribution >= 4 is 12.0 Å². The molecule has 0 aromatic rings. The van der Waals surface area contributed by atoms with Crippen LogP contribution in [0.15, 0.2) is 0 Å². The molecule has 0 spiro atoms. The summed E-state index contributed by atoms with van der Waals surface area (Å²) in [5, 5.41) is 17.2. The van der Waals surface area contributed by atoms with E-state index in [1.165, 1.54) is 0 Å². The SMILES string of the molecule is CCN(CCCO)C(=O)N(CC(=O)O)CC(F)(F)F. The van der Waals surface area contributed by atoms with Gasteiger partial charge in [0.05, 0.1) is 0 Å². The summed E-state index contributed by atoms with van der Waals surface area (Å²) in [4.78, 5) is 23.6. The molecule has 0 bridgehead atoms. The molecule has 0 unspecified atom stereocenters. The number of carbonyl (C=O) groups excluding carboxylic acids is 1. The summed E-state index contributed by atoms with van der Waals surface area (Å²) in [6, 6.07) is -1.00. The summed E-state index contributed by atoms with van der Waals surface area (Å²) in [6.07, 6.45) is -4.45. The molecule has 0 aromatic carbocycles. The summed E-state index contributed by atoms with van der Waals surface area (Å²) in [6.45, 7) is -1.09. The highest BCUT2D eigenvalue weighted by Crippen LogP contribution is 2.17. The Morgan fingerprint density at radius 2 is 1.79 bits per heavy atom. The van der Waals surface area contributed by atoms with Gasteiger partial charge in [0, 0.05) is 19.7 Å². The predicted octanol–water partition coefficient (Wildman–Crippen LogP) is 0.760. The van der Waals surface area contributed by atoms with Crippen molar-refractivity contribution < 1.29 is 33.0 Å². The van der Waals surface area contributed by atoms with Crippen LogP contribution >= 0.6 is 0 Å². The van der Waals surface area contributed by atoms with E-state index in [-0.39, 0.29) is 31.0 Å². The Bertz CT molecular complexity index is 310. The van der Waals surface area contributed by atoms with Crippen LogP contribution in [0.1, 0.15) is 13.3 Å². The second-order valence-corrected chi connectivity index (χ2v) is 3.80. The Kier molecular flexibility index (Phi) is 7.20. The van der Waals surface area contributed by atoms with E-state index in [9.17, 15) is 22.8 Å². The van der Waals surface area contributed by atoms with E-state index < -0.39 is 31.3 Å². The van der Waals surface area contributed by atoms with Crippen molar-refractivity contribution in [3.63, 3.8) is 0 Å². The first kappa shape index (κ1) is 17.5. The molecule has 0 aliphatic carbocycles. The minimum absolute atomic E-state index is 0.0693. The van der Waals surface area contributed by atoms with Crippen LogP contribution in [0.2, 0.25) is 0 Å². The first-order valence-electron chi connectivity index (χ1n) is 5.64. The molecule has 9 heteroatoms. The van der Waals surface area contributed by atoms with Crippen molar-refractivity contribution in [2.45, 2.75) is 19.5 Å². The zero-order valence-corrected chi connectivity index (χ0v) is 10.5. The molecule has 0 rings (SSSR count). The molecule has 0 atom stereocenters. The van der Waals surface area contributed by atoms with Crippen LogP contribution in [0.3, 0.4) is 0 Å². The fourth-order valence-corrected chi connectivity index (χ4v) is 1.42. The van der Waals surface area contributed by atoms with Gasteiger partial charge in [0.15, 0.2) is 0 Å². The van der Waals surface area contributed by atoms with E-state index in [4.69, 9.17) is 10.2 Å². The van der Waals surface area contributed by atoms with Crippen LogP contribution < -0.4 is 0 Å². The summed E-state index contributed by atoms with van der Waals surface area (Å²) < 4.78 is 36.9. The van der Waals surface area contributed by atoms with Crippen LogP contribution in [0.4, 0.5) is 18.0 Å². The quantitative estimate of drug-likeness (QED) is 0.724. The number of aliphatic hydroxyl groups is 1. The molecule has 0 aliphatic rings. The zero-order valence-electron chi connectivity index (χ0n) is 10.5. The number of hydrogen-bond acceptors (Lipinski definition) is 3. The topological polar surface area (TPSA) is 81.1 Å². The maximum absolute atomic E-state index is 12.3. The average Bonchev–Trinajstić information content (AvgIpc) is 2.26. The number of halogens is 3. The van der Waals surface area contributed by atoms with E-state index in [0.717, 1.165) is 4.90 Å². The Labute approximate surface area is 108 Å². The molecule has 112 valence electrons. The first-order chi connectivity index (χ1) is 8.71. The number of carboxylic acids is 1. The van der Waals surface area contributed by atoms with Crippen LogP contribution in [-0.4, -0.2) is 71.0 Å². The lowest BCUT2D eigenvalue weighted by atomic mass is 10.4. The molecule has 0 fully saturated rings. The Balaban J connectivity index is 4.80. The van der Waals surface area contributed by atoms with Crippen molar-refractivity contribution in [3.05, 3.63) is 0 Å². The first-order valence-corrected chi connectivity index (χ1v) is 5.64. The molecule has 0 saturated heterocycles. The van der Waals surface area contributed by atoms with Gasteiger partial charge in [-0.2, -0.15) is 13.2 Å². The predicted molar refractivity (Wildman–Crippen MR) is 59.6 cm³/mol. The molecule has 6 nitrogen and oxygen atoms in total. The summed E-state index contributed by atoms with van der Waals surface area (Å²) in [5.41, 5.74) is 0. The van der Waals surface area contributed by atoms with Gasteiger partial charge >= 0.3 is 18.2 Å². The number of nitrogens with zero attached hydrogens (tertiary/aromatic N) is 2. The van der Waals surface area contributed by atoms with E-state index in [1.807, 2.05) is 0 Å². The van der Waals surface area contributed by atoms with Gasteiger partial charge in [-0.05, 0) is 13.3 Å². The lowest BCUT2D eigenvalue weighted by Gasteiger charge is -2.29. The van der Waals surface area contributed by atoms with Crippen molar-refractivity contribution in [2.24, 2.45) is 0 Å². The van der Waals surface area contributed by atoms with Crippen LogP contribution in [0.25, 0.3) is 0 Å². The van der Waals surface area contributed by atoms with E-state index in [0.29, 0.717) is 0 Å². The molecule has 19 heavy (non-hydrogen) atoms. The number of carbonyl (C=O) groups is 2. The molecule has 0 aliphatic heterocycles. The number of aliphatic carboxylic acids is 1. The molecule has 2 amide bonds. The number of rotatable bonds is 7. The van der Waals surface area contributed by atoms with Gasteiger partial charge in [-0.15, -0.1) is 0 Å². The Hall–Kier alpha value is -1.51. The lowest BCUT2D eigenvalue weighted by molar-refractivity contribution is -0.149. The number of aliphatic hydroxyl groups excluding tert-OH is 1. The Morgan fingerprint density at radius 1 is 1.21 bits per heavy atom. The van der Waals surface area contributed by atoms with Crippen molar-refractivity contribution in [1.82, 2.24) is 9.80 Å². The van der Waals surface area contributed by atoms with Crippen LogP contribution in [0.5, 0.6) is 0 Å². The third-order valence-corrected chi connectivity index (χ3v) is 2.21. The monoisotopic (exact) mass is 286 g/mol. The highest BCUT2D eigenvalue weighted by atomic mass is 19.4. The fourth-order valence-electron chi connectivity index (χ4n) is 1.42. The summed E-state index contributed by atoms with van der Waals surface area (Å²) in [5.74, 6) is -1.52. The van der Waals surface area contributed by atoms with E-state index in [1.54, 1.807) is 6.92 Å². The number of amides is 2. The van der Waals surface area contributed by atoms with Crippen LogP contribution in [-0.2, 0) is 4.79 Å². The van der Waals surface area contributed by atoms with Gasteiger partial charge in [0.2, 0.25) is 0 Å². The van der Waals surface area contributed by atoms with Gasteiger partial charge in [-0.3, -0.25) is 4.79 Å². The standard InChI is InChI=1S/C10H17F3N2O4/c1-2-14(4-3-5-16)9(19)15(6-8(17)18)7-10(11,12)13/h16H,2-7H2,1H3,(H,17,18). The second-order valence-electron chi connectivity index (χ2n) is 3.80. The van der Waals surface area contributed by atoms with E-state index >= 15 is 0 Å². The van der Waals surface area contributed by atoms with E-state index in [2.05, 4.69) is 0 Å². The third kappa shape index (κ3) is 7.50. The van der Waals surface area contributed by atoms with Gasteiger partial charge < -0.3 is 20.0 Å². The molecule has 2 N–H and O–H groups in total. The third-order valence-electron chi connectivity index (χ3n) is 2.21. The van der Waals surface area contributed by atoms with Gasteiger partial charge in [0.1, 0.15) is 13.1 Å². The Morgan fingerprint density at radius 3 is 2.16 bits per heavy atom. The fraction of sp³-hybridized carbons (Fsp3) is 0.800. The molecule has 0 saturated carbocycles. The van der Waals surface area contributed by atoms with Crippen molar-refractivity contribution in [1.29, 1.82) is 0 Å². The average molecular weight is 286 g/mol. The molecular formula is C10H17F3N2O4. The molecule has 0 radical (unpaired) electrons. The molecule has 0 heterocycles. The van der Waals surface area contributed by atoms with Crippen molar-refractivity contribution in [3.8, 4) is 0 Å². The largest absolute Gasteiger partial charge is 0.480 e. The highest BCUT2D eigenvalue weighted by molar-refractivity contribution is 5.80. The zero-order chi connectivity index (χ0) is 15.1. The maximum Gasteiger partial charge on any atom is 0.406 e. The lowest BCUT2D eigenvalue weighted by Crippen LogP contribution is -2.49. The highest BCUT2D eigenvalue weighted by Gasteiger charge is 2.35. The smallest absolute Gasteiger partial charge is 0.406 e. The van der Waals surface area contributed by atoms with Gasteiger partial charge in [-0.25, -0.2) is 4.79 Å². The maximum atomic E-state index is 12.3. The van der Waals surface area contributed by atoms with Gasteiger partial charge in [-0.1, -0.05) is 0 Å². The number of hydrogen-bond donors (Lipinski definition) is 2. The second kappa shape index (κ2) is 7.82. The molecular weight excluding hydrogens is 269 g/mol. The summed E-state index contributed by atoms with van der Waals surface area (Å²) in [7, 11) is 0. The summed E-state index contributed by atoms with van der Waals surface area (Å²) >= 11 is 0. The number of carboxylic acid groups (broad SMARTS) is 1. The van der Waals surface area contributed by atoms with Crippen LogP contribution in [0, 0.1) is 0 Å². The van der Waals surface area contributed by atoms with Gasteiger partial charge in [0.25, 0.3) is 0 Å². The molecule has 0 aromatic heterocycles. The van der Waals surface area contributed by atoms with Crippen molar-refractivity contribution in [2.75, 3.05) is 32.8 Å². The minimum atomic E-state index is -4.67.